The molecular weight excluding hydrogens is 223 g/mol. The molecule has 1 fully saturated rings. The molecule has 16 heavy (non-hydrogen) atoms. The Morgan fingerprint density at radius 3 is 2.44 bits per heavy atom. The van der Waals surface area contributed by atoms with Crippen molar-refractivity contribution in [1.82, 2.24) is 15.5 Å². The summed E-state index contributed by atoms with van der Waals surface area (Å²) in [5, 5.41) is 5.03. The molecule has 1 heterocycles. The molecule has 0 aliphatic carbocycles. The van der Waals surface area contributed by atoms with Gasteiger partial charge in [-0.3, -0.25) is 0 Å². The van der Waals surface area contributed by atoms with Crippen LogP contribution in [0.3, 0.4) is 0 Å². The summed E-state index contributed by atoms with van der Waals surface area (Å²) in [6.45, 7) is 3.53. The lowest BCUT2D eigenvalue weighted by molar-refractivity contribution is -0.154. The summed E-state index contributed by atoms with van der Waals surface area (Å²) >= 11 is 0. The van der Waals surface area contributed by atoms with Gasteiger partial charge in [0.1, 0.15) is 6.04 Å². The number of piperazine rings is 1. The first kappa shape index (κ1) is 13.1. The standard InChI is InChI=1S/C9H16F3N3O/c1-2-7(9(10,11)12)14-8(16)15-5-3-13-4-6-15/h7,13H,2-6H2,1H3,(H,14,16)/t7-/m0/s1. The molecule has 1 rings (SSSR count). The topological polar surface area (TPSA) is 44.4 Å². The van der Waals surface area contributed by atoms with Crippen molar-refractivity contribution in [2.45, 2.75) is 25.6 Å². The van der Waals surface area contributed by atoms with Gasteiger partial charge in [-0.1, -0.05) is 6.92 Å². The predicted octanol–water partition coefficient (Wildman–Crippen LogP) is 0.942. The van der Waals surface area contributed by atoms with Crippen LogP contribution in [0.2, 0.25) is 0 Å². The Morgan fingerprint density at radius 2 is 2.00 bits per heavy atom. The van der Waals surface area contributed by atoms with E-state index < -0.39 is 18.2 Å². The monoisotopic (exact) mass is 239 g/mol. The third kappa shape index (κ3) is 3.55. The van der Waals surface area contributed by atoms with Crippen molar-refractivity contribution < 1.29 is 18.0 Å². The normalized spacial score (nSPS) is 19.4. The maximum atomic E-state index is 12.4. The third-order valence-corrected chi connectivity index (χ3v) is 2.51. The van der Waals surface area contributed by atoms with Crippen LogP contribution in [-0.2, 0) is 0 Å². The van der Waals surface area contributed by atoms with Gasteiger partial charge in [0.25, 0.3) is 0 Å². The highest BCUT2D eigenvalue weighted by molar-refractivity contribution is 5.74. The minimum atomic E-state index is -4.38. The summed E-state index contributed by atoms with van der Waals surface area (Å²) in [4.78, 5) is 12.9. The molecule has 0 spiro atoms. The van der Waals surface area contributed by atoms with E-state index in [9.17, 15) is 18.0 Å². The van der Waals surface area contributed by atoms with Crippen LogP contribution >= 0.6 is 0 Å². The Bertz CT molecular complexity index is 239. The van der Waals surface area contributed by atoms with E-state index >= 15 is 0 Å². The van der Waals surface area contributed by atoms with Crippen molar-refractivity contribution in [2.24, 2.45) is 0 Å². The maximum Gasteiger partial charge on any atom is 0.408 e. The van der Waals surface area contributed by atoms with E-state index in [4.69, 9.17) is 0 Å². The van der Waals surface area contributed by atoms with Gasteiger partial charge in [-0.2, -0.15) is 13.2 Å². The molecule has 94 valence electrons. The van der Waals surface area contributed by atoms with Crippen molar-refractivity contribution in [3.63, 3.8) is 0 Å². The Hall–Kier alpha value is -0.980. The second kappa shape index (κ2) is 5.38. The van der Waals surface area contributed by atoms with Crippen LogP contribution < -0.4 is 10.6 Å². The zero-order valence-corrected chi connectivity index (χ0v) is 9.10. The zero-order chi connectivity index (χ0) is 12.2. The molecular formula is C9H16F3N3O. The van der Waals surface area contributed by atoms with Crippen LogP contribution in [-0.4, -0.2) is 49.3 Å². The Kier molecular flexibility index (Phi) is 4.40. The van der Waals surface area contributed by atoms with E-state index in [0.29, 0.717) is 26.2 Å². The average Bonchev–Trinajstić information content (AvgIpc) is 2.25. The summed E-state index contributed by atoms with van der Waals surface area (Å²) < 4.78 is 37.2. The molecule has 0 aromatic heterocycles. The van der Waals surface area contributed by atoms with Gasteiger partial charge in [-0.25, -0.2) is 4.79 Å². The van der Waals surface area contributed by atoms with Crippen LogP contribution in [0.1, 0.15) is 13.3 Å². The van der Waals surface area contributed by atoms with E-state index in [1.807, 2.05) is 5.32 Å². The molecule has 0 aromatic rings. The highest BCUT2D eigenvalue weighted by Crippen LogP contribution is 2.22. The van der Waals surface area contributed by atoms with Gasteiger partial charge >= 0.3 is 12.2 Å². The number of hydrogen-bond donors (Lipinski definition) is 2. The Morgan fingerprint density at radius 1 is 1.44 bits per heavy atom. The molecule has 2 N–H and O–H groups in total. The minimum absolute atomic E-state index is 0.151. The molecule has 2 amide bonds. The minimum Gasteiger partial charge on any atom is -0.326 e. The molecule has 0 radical (unpaired) electrons. The lowest BCUT2D eigenvalue weighted by Gasteiger charge is -2.30. The fraction of sp³-hybridized carbons (Fsp3) is 0.889. The first-order chi connectivity index (χ1) is 7.45. The number of urea groups is 1. The summed E-state index contributed by atoms with van der Waals surface area (Å²) in [7, 11) is 0. The SMILES string of the molecule is CC[C@H](NC(=O)N1CCNCC1)C(F)(F)F. The number of alkyl halides is 3. The van der Waals surface area contributed by atoms with Gasteiger partial charge in [0.05, 0.1) is 0 Å². The Labute approximate surface area is 92.2 Å². The van der Waals surface area contributed by atoms with Crippen molar-refractivity contribution >= 4 is 6.03 Å². The molecule has 0 unspecified atom stereocenters. The smallest absolute Gasteiger partial charge is 0.326 e. The number of rotatable bonds is 2. The van der Waals surface area contributed by atoms with E-state index in [1.54, 1.807) is 0 Å². The molecule has 0 aromatic carbocycles. The van der Waals surface area contributed by atoms with Crippen molar-refractivity contribution in [1.29, 1.82) is 0 Å². The van der Waals surface area contributed by atoms with Gasteiger partial charge in [0.2, 0.25) is 0 Å². The van der Waals surface area contributed by atoms with E-state index in [2.05, 4.69) is 5.32 Å². The van der Waals surface area contributed by atoms with Crippen LogP contribution in [0.15, 0.2) is 0 Å². The van der Waals surface area contributed by atoms with Gasteiger partial charge in [-0.05, 0) is 6.42 Å². The van der Waals surface area contributed by atoms with Gasteiger partial charge in [-0.15, -0.1) is 0 Å². The zero-order valence-electron chi connectivity index (χ0n) is 9.10. The van der Waals surface area contributed by atoms with Gasteiger partial charge in [0.15, 0.2) is 0 Å². The molecule has 1 aliphatic rings. The van der Waals surface area contributed by atoms with E-state index in [1.165, 1.54) is 11.8 Å². The number of amides is 2. The first-order valence-electron chi connectivity index (χ1n) is 5.28. The second-order valence-electron chi connectivity index (χ2n) is 3.69. The molecule has 7 heteroatoms. The van der Waals surface area contributed by atoms with Crippen LogP contribution in [0, 0.1) is 0 Å². The van der Waals surface area contributed by atoms with Crippen LogP contribution in [0.4, 0.5) is 18.0 Å². The quantitative estimate of drug-likeness (QED) is 0.753. The fourth-order valence-corrected chi connectivity index (χ4v) is 1.52. The number of carbonyl (C=O) groups is 1. The van der Waals surface area contributed by atoms with Crippen LogP contribution in [0.5, 0.6) is 0 Å². The van der Waals surface area contributed by atoms with Gasteiger partial charge < -0.3 is 15.5 Å². The molecule has 1 saturated heterocycles. The molecule has 4 nitrogen and oxygen atoms in total. The van der Waals surface area contributed by atoms with Crippen molar-refractivity contribution in [3.05, 3.63) is 0 Å². The number of carbonyl (C=O) groups excluding carboxylic acids is 1. The molecule has 0 saturated carbocycles. The summed E-state index contributed by atoms with van der Waals surface area (Å²) in [6, 6.07) is -2.39. The lowest BCUT2D eigenvalue weighted by atomic mass is 10.2. The molecule has 1 aliphatic heterocycles. The Balaban J connectivity index is 2.48. The highest BCUT2D eigenvalue weighted by Gasteiger charge is 2.39. The summed E-state index contributed by atoms with van der Waals surface area (Å²) in [6.07, 6.45) is -4.53. The largest absolute Gasteiger partial charge is 0.408 e. The second-order valence-corrected chi connectivity index (χ2v) is 3.69. The summed E-state index contributed by atoms with van der Waals surface area (Å²) in [5.41, 5.74) is 0. The van der Waals surface area contributed by atoms with Crippen LogP contribution in [0.25, 0.3) is 0 Å². The molecule has 0 bridgehead atoms. The van der Waals surface area contributed by atoms with Gasteiger partial charge in [0, 0.05) is 26.2 Å². The predicted molar refractivity (Wildman–Crippen MR) is 53.1 cm³/mol. The number of nitrogens with one attached hydrogen (secondary N) is 2. The average molecular weight is 239 g/mol. The summed E-state index contributed by atoms with van der Waals surface area (Å²) in [5.74, 6) is 0. The van der Waals surface area contributed by atoms with E-state index in [-0.39, 0.29) is 6.42 Å². The van der Waals surface area contributed by atoms with Crippen molar-refractivity contribution in [2.75, 3.05) is 26.2 Å². The first-order valence-corrected chi connectivity index (χ1v) is 5.28. The fourth-order valence-electron chi connectivity index (χ4n) is 1.52. The third-order valence-electron chi connectivity index (χ3n) is 2.51. The number of nitrogens with zero attached hydrogens (tertiary/aromatic N) is 1. The lowest BCUT2D eigenvalue weighted by Crippen LogP contribution is -2.54. The number of halogens is 3. The number of hydrogen-bond acceptors (Lipinski definition) is 2. The van der Waals surface area contributed by atoms with E-state index in [0.717, 1.165) is 0 Å². The highest BCUT2D eigenvalue weighted by atomic mass is 19.4. The maximum absolute atomic E-state index is 12.4. The van der Waals surface area contributed by atoms with Crippen molar-refractivity contribution in [3.8, 4) is 0 Å². The molecule has 1 atom stereocenters.